The van der Waals surface area contributed by atoms with Gasteiger partial charge in [0.15, 0.2) is 0 Å². The van der Waals surface area contributed by atoms with Crippen molar-refractivity contribution in [1.29, 1.82) is 0 Å². The monoisotopic (exact) mass is 430 g/mol. The lowest BCUT2D eigenvalue weighted by molar-refractivity contribution is -0.116. The van der Waals surface area contributed by atoms with E-state index in [1.54, 1.807) is 48.5 Å². The minimum absolute atomic E-state index is 0.00478. The van der Waals surface area contributed by atoms with Gasteiger partial charge in [-0.05, 0) is 48.5 Å². The summed E-state index contributed by atoms with van der Waals surface area (Å²) in [5.41, 5.74) is 0.258. The third kappa shape index (κ3) is 5.78. The zero-order valence-electron chi connectivity index (χ0n) is 15.6. The molecule has 3 aromatic carbocycles. The van der Waals surface area contributed by atoms with E-state index in [0.717, 1.165) is 12.1 Å². The molecule has 0 unspecified atom stereocenters. The first-order chi connectivity index (χ1) is 14.4. The lowest BCUT2D eigenvalue weighted by Crippen LogP contribution is -2.28. The number of carbonyl (C=O) groups is 2. The number of nitrogens with one attached hydrogen (secondary N) is 2. The van der Waals surface area contributed by atoms with Gasteiger partial charge in [0.2, 0.25) is 5.91 Å². The zero-order chi connectivity index (χ0) is 21.5. The smallest absolute Gasteiger partial charge is 0.254 e. The van der Waals surface area contributed by atoms with Gasteiger partial charge in [-0.2, -0.15) is 0 Å². The number of hydrogen-bond donors (Lipinski definition) is 2. The topological polar surface area (TPSA) is 67.4 Å². The Morgan fingerprint density at radius 1 is 0.967 bits per heavy atom. The van der Waals surface area contributed by atoms with E-state index in [9.17, 15) is 18.4 Å². The van der Waals surface area contributed by atoms with E-state index < -0.39 is 17.5 Å². The minimum atomic E-state index is -0.962. The molecule has 0 spiro atoms. The van der Waals surface area contributed by atoms with Gasteiger partial charge in [0.05, 0.1) is 10.6 Å². The number of carbonyl (C=O) groups excluding carboxylic acids is 2. The molecule has 3 rings (SSSR count). The first-order valence-electron chi connectivity index (χ1n) is 8.98. The van der Waals surface area contributed by atoms with Crippen LogP contribution in [0.3, 0.4) is 0 Å². The average Bonchev–Trinajstić information content (AvgIpc) is 2.71. The molecule has 0 aliphatic rings. The number of hydrogen-bond acceptors (Lipinski definition) is 3. The Morgan fingerprint density at radius 3 is 2.40 bits per heavy atom. The molecule has 0 saturated carbocycles. The maximum Gasteiger partial charge on any atom is 0.254 e. The van der Waals surface area contributed by atoms with Gasteiger partial charge in [0.25, 0.3) is 5.91 Å². The molecule has 154 valence electrons. The number of amides is 2. The second-order valence-electron chi connectivity index (χ2n) is 6.24. The van der Waals surface area contributed by atoms with Crippen LogP contribution in [-0.4, -0.2) is 18.4 Å². The van der Waals surface area contributed by atoms with Crippen molar-refractivity contribution in [3.05, 3.63) is 89.0 Å². The van der Waals surface area contributed by atoms with Gasteiger partial charge < -0.3 is 15.4 Å². The SMILES string of the molecule is O=C(CCNC(=O)c1ccc(F)cc1F)Nc1ccc(Oc2ccccc2Cl)cc1. The van der Waals surface area contributed by atoms with E-state index in [4.69, 9.17) is 16.3 Å². The molecular weight excluding hydrogens is 414 g/mol. The second-order valence-corrected chi connectivity index (χ2v) is 6.64. The van der Waals surface area contributed by atoms with Crippen LogP contribution in [0.25, 0.3) is 0 Å². The first kappa shape index (κ1) is 21.3. The zero-order valence-corrected chi connectivity index (χ0v) is 16.4. The second kappa shape index (κ2) is 9.84. The van der Waals surface area contributed by atoms with Crippen LogP contribution in [0.5, 0.6) is 11.5 Å². The maximum absolute atomic E-state index is 13.6. The van der Waals surface area contributed by atoms with Gasteiger partial charge in [-0.15, -0.1) is 0 Å². The highest BCUT2D eigenvalue weighted by Gasteiger charge is 2.12. The average molecular weight is 431 g/mol. The van der Waals surface area contributed by atoms with Crippen molar-refractivity contribution in [3.8, 4) is 11.5 Å². The third-order valence-corrected chi connectivity index (χ3v) is 4.33. The van der Waals surface area contributed by atoms with Crippen molar-refractivity contribution in [1.82, 2.24) is 5.32 Å². The standard InChI is InChI=1S/C22H17ClF2N2O3/c23-18-3-1-2-4-20(18)30-16-8-6-15(7-9-16)27-21(28)11-12-26-22(29)17-10-5-14(24)13-19(17)25/h1-10,13H,11-12H2,(H,26,29)(H,27,28). The Balaban J connectivity index is 1.46. The van der Waals surface area contributed by atoms with E-state index in [-0.39, 0.29) is 24.4 Å². The van der Waals surface area contributed by atoms with Gasteiger partial charge >= 0.3 is 0 Å². The number of halogens is 3. The molecule has 3 aromatic rings. The van der Waals surface area contributed by atoms with E-state index >= 15 is 0 Å². The predicted molar refractivity (Wildman–Crippen MR) is 110 cm³/mol. The third-order valence-electron chi connectivity index (χ3n) is 4.02. The van der Waals surface area contributed by atoms with E-state index in [2.05, 4.69) is 10.6 Å². The summed E-state index contributed by atoms with van der Waals surface area (Å²) in [4.78, 5) is 23.9. The lowest BCUT2D eigenvalue weighted by atomic mass is 10.2. The summed E-state index contributed by atoms with van der Waals surface area (Å²) in [6.07, 6.45) is -0.0214. The number of rotatable bonds is 7. The van der Waals surface area contributed by atoms with Crippen LogP contribution in [0, 0.1) is 11.6 Å². The fourth-order valence-electron chi connectivity index (χ4n) is 2.54. The summed E-state index contributed by atoms with van der Waals surface area (Å²) >= 11 is 6.05. The van der Waals surface area contributed by atoms with Gasteiger partial charge in [-0.3, -0.25) is 9.59 Å². The number of anilines is 1. The summed E-state index contributed by atoms with van der Waals surface area (Å²) in [5, 5.41) is 5.59. The minimum Gasteiger partial charge on any atom is -0.456 e. The Bertz CT molecular complexity index is 1060. The van der Waals surface area contributed by atoms with Crippen LogP contribution in [0.2, 0.25) is 5.02 Å². The fourth-order valence-corrected chi connectivity index (χ4v) is 2.72. The summed E-state index contributed by atoms with van der Waals surface area (Å²) in [5.74, 6) is -1.72. The summed E-state index contributed by atoms with van der Waals surface area (Å²) in [6, 6.07) is 16.4. The van der Waals surface area contributed by atoms with Crippen LogP contribution in [0.1, 0.15) is 16.8 Å². The fraction of sp³-hybridized carbons (Fsp3) is 0.0909. The van der Waals surface area contributed by atoms with E-state index in [1.165, 1.54) is 0 Å². The van der Waals surface area contributed by atoms with Crippen molar-refractivity contribution in [2.45, 2.75) is 6.42 Å². The van der Waals surface area contributed by atoms with Gasteiger partial charge in [-0.1, -0.05) is 23.7 Å². The van der Waals surface area contributed by atoms with Gasteiger partial charge in [-0.25, -0.2) is 8.78 Å². The Morgan fingerprint density at radius 2 is 1.70 bits per heavy atom. The normalized spacial score (nSPS) is 10.4. The quantitative estimate of drug-likeness (QED) is 0.543. The molecule has 0 radical (unpaired) electrons. The molecule has 0 heterocycles. The molecule has 0 fully saturated rings. The Hall–Kier alpha value is -3.45. The molecule has 2 N–H and O–H groups in total. The highest BCUT2D eigenvalue weighted by molar-refractivity contribution is 6.32. The van der Waals surface area contributed by atoms with Crippen molar-refractivity contribution in [2.24, 2.45) is 0 Å². The number of benzene rings is 3. The molecule has 0 saturated heterocycles. The van der Waals surface area contributed by atoms with Gasteiger partial charge in [0, 0.05) is 24.7 Å². The lowest BCUT2D eigenvalue weighted by Gasteiger charge is -2.09. The largest absolute Gasteiger partial charge is 0.456 e. The number of para-hydroxylation sites is 1. The molecule has 2 amide bonds. The maximum atomic E-state index is 13.6. The van der Waals surface area contributed by atoms with Crippen LogP contribution < -0.4 is 15.4 Å². The van der Waals surface area contributed by atoms with Gasteiger partial charge in [0.1, 0.15) is 23.1 Å². The highest BCUT2D eigenvalue weighted by atomic mass is 35.5. The molecular formula is C22H17ClF2N2O3. The Labute approximate surface area is 176 Å². The van der Waals surface area contributed by atoms with E-state index in [1.807, 2.05) is 0 Å². The molecule has 8 heteroatoms. The molecule has 0 aromatic heterocycles. The molecule has 0 bridgehead atoms. The number of ether oxygens (including phenoxy) is 1. The Kier molecular flexibility index (Phi) is 6.98. The summed E-state index contributed by atoms with van der Waals surface area (Å²) in [7, 11) is 0. The molecule has 0 aliphatic heterocycles. The highest BCUT2D eigenvalue weighted by Crippen LogP contribution is 2.29. The van der Waals surface area contributed by atoms with Crippen LogP contribution >= 0.6 is 11.6 Å². The first-order valence-corrected chi connectivity index (χ1v) is 9.36. The summed E-state index contributed by atoms with van der Waals surface area (Å²) < 4.78 is 32.1. The van der Waals surface area contributed by atoms with Crippen LogP contribution in [0.4, 0.5) is 14.5 Å². The predicted octanol–water partition coefficient (Wildman–Crippen LogP) is 5.17. The van der Waals surface area contributed by atoms with Crippen LogP contribution in [-0.2, 0) is 4.79 Å². The van der Waals surface area contributed by atoms with Crippen molar-refractivity contribution in [2.75, 3.05) is 11.9 Å². The molecule has 5 nitrogen and oxygen atoms in total. The van der Waals surface area contributed by atoms with E-state index in [0.29, 0.717) is 28.3 Å². The van der Waals surface area contributed by atoms with Crippen molar-refractivity contribution < 1.29 is 23.1 Å². The van der Waals surface area contributed by atoms with Crippen LogP contribution in [0.15, 0.2) is 66.7 Å². The molecule has 0 aliphatic carbocycles. The molecule has 30 heavy (non-hydrogen) atoms. The molecule has 0 atom stereocenters. The van der Waals surface area contributed by atoms with Crippen molar-refractivity contribution in [3.63, 3.8) is 0 Å². The summed E-state index contributed by atoms with van der Waals surface area (Å²) in [6.45, 7) is -0.00478. The van der Waals surface area contributed by atoms with Crippen molar-refractivity contribution >= 4 is 29.1 Å².